The van der Waals surface area contributed by atoms with Crippen LogP contribution in [-0.2, 0) is 4.79 Å². The molecule has 9 heteroatoms. The molecule has 7 nitrogen and oxygen atoms in total. The fraction of sp³-hybridized carbons (Fsp3) is 0.0500. The molecule has 0 fully saturated rings. The van der Waals surface area contributed by atoms with Gasteiger partial charge in [-0.05, 0) is 54.2 Å². The highest BCUT2D eigenvalue weighted by atomic mass is 79.9. The molecule has 4 aromatic rings. The fourth-order valence-corrected chi connectivity index (χ4v) is 3.59. The number of carbonyl (C=O) groups is 1. The number of imidazole rings is 1. The zero-order valence-electron chi connectivity index (χ0n) is 15.0. The summed E-state index contributed by atoms with van der Waals surface area (Å²) in [6.07, 6.45) is 1.43. The minimum atomic E-state index is -0.371. The van der Waals surface area contributed by atoms with Gasteiger partial charge in [-0.15, -0.1) is 0 Å². The van der Waals surface area contributed by atoms with E-state index in [2.05, 4.69) is 36.4 Å². The normalized spacial score (nSPS) is 11.2. The highest BCUT2D eigenvalue weighted by Gasteiger charge is 2.08. The summed E-state index contributed by atoms with van der Waals surface area (Å²) in [5, 5.41) is 5.29. The first-order valence-corrected chi connectivity index (χ1v) is 10.2. The average Bonchev–Trinajstić information content (AvgIpc) is 3.33. The van der Waals surface area contributed by atoms with E-state index in [9.17, 15) is 4.79 Å². The Morgan fingerprint density at radius 3 is 3.00 bits per heavy atom. The molecule has 0 atom stereocenters. The van der Waals surface area contributed by atoms with Gasteiger partial charge in [-0.1, -0.05) is 34.1 Å². The summed E-state index contributed by atoms with van der Waals surface area (Å²) >= 11 is 4.72. The van der Waals surface area contributed by atoms with Crippen LogP contribution in [0, 0.1) is 0 Å². The molecule has 0 bridgehead atoms. The lowest BCUT2D eigenvalue weighted by atomic mass is 10.3. The number of hydrogen-bond acceptors (Lipinski definition) is 6. The number of fused-ring (bicyclic) bond motifs is 1. The number of nitrogens with zero attached hydrogens (tertiary/aromatic N) is 2. The van der Waals surface area contributed by atoms with Crippen molar-refractivity contribution in [3.05, 3.63) is 70.9 Å². The molecule has 0 saturated heterocycles. The molecular formula is C20H15BrN4O3S. The molecule has 0 saturated carbocycles. The molecule has 4 rings (SSSR count). The smallest absolute Gasteiger partial charge is 0.277 e. The van der Waals surface area contributed by atoms with E-state index in [1.165, 1.54) is 18.0 Å². The average molecular weight is 471 g/mol. The largest absolute Gasteiger partial charge is 0.484 e. The van der Waals surface area contributed by atoms with Crippen LogP contribution in [0.15, 0.2) is 84.9 Å². The third-order valence-corrected chi connectivity index (χ3v) is 5.01. The van der Waals surface area contributed by atoms with Crippen molar-refractivity contribution in [1.82, 2.24) is 15.4 Å². The zero-order valence-corrected chi connectivity index (χ0v) is 17.4. The lowest BCUT2D eigenvalue weighted by molar-refractivity contribution is -0.123. The molecule has 2 N–H and O–H groups in total. The second-order valence-corrected chi connectivity index (χ2v) is 7.77. The molecule has 2 heterocycles. The van der Waals surface area contributed by atoms with Gasteiger partial charge < -0.3 is 14.1 Å². The lowest BCUT2D eigenvalue weighted by Gasteiger charge is -2.04. The van der Waals surface area contributed by atoms with Gasteiger partial charge in [-0.3, -0.25) is 4.79 Å². The summed E-state index contributed by atoms with van der Waals surface area (Å²) in [4.78, 5) is 19.5. The van der Waals surface area contributed by atoms with Crippen molar-refractivity contribution in [1.29, 1.82) is 0 Å². The van der Waals surface area contributed by atoms with Gasteiger partial charge in [0.25, 0.3) is 5.91 Å². The molecule has 0 radical (unpaired) electrons. The predicted molar refractivity (Wildman–Crippen MR) is 114 cm³/mol. The van der Waals surface area contributed by atoms with Crippen LogP contribution in [0.25, 0.3) is 11.0 Å². The highest BCUT2D eigenvalue weighted by molar-refractivity contribution is 9.10. The number of carbonyl (C=O) groups excluding carboxylic acids is 1. The maximum absolute atomic E-state index is 11.8. The standard InChI is InChI=1S/C20H15BrN4O3S/c21-13-4-3-5-14(10-13)27-12-18(26)25-22-11-15-8-9-19(28-15)29-20-23-16-6-1-2-7-17(16)24-20/h1-11H,12H2,(H,23,24)(H,25,26). The first-order valence-electron chi connectivity index (χ1n) is 8.58. The second-order valence-electron chi connectivity index (χ2n) is 5.86. The van der Waals surface area contributed by atoms with Gasteiger partial charge in [0.2, 0.25) is 0 Å². The van der Waals surface area contributed by atoms with Gasteiger partial charge in [0, 0.05) is 4.47 Å². The van der Waals surface area contributed by atoms with Crippen molar-refractivity contribution in [2.45, 2.75) is 10.2 Å². The van der Waals surface area contributed by atoms with E-state index in [4.69, 9.17) is 9.15 Å². The number of benzene rings is 2. The van der Waals surface area contributed by atoms with E-state index in [1.54, 1.807) is 18.2 Å². The van der Waals surface area contributed by atoms with Crippen LogP contribution in [-0.4, -0.2) is 28.7 Å². The monoisotopic (exact) mass is 470 g/mol. The topological polar surface area (TPSA) is 92.5 Å². The van der Waals surface area contributed by atoms with Crippen LogP contribution in [0.2, 0.25) is 0 Å². The Morgan fingerprint density at radius 1 is 1.24 bits per heavy atom. The van der Waals surface area contributed by atoms with Crippen LogP contribution in [0.1, 0.15) is 5.76 Å². The number of nitrogens with one attached hydrogen (secondary N) is 2. The maximum atomic E-state index is 11.8. The Bertz CT molecular complexity index is 1140. The number of rotatable bonds is 7. The molecule has 29 heavy (non-hydrogen) atoms. The minimum absolute atomic E-state index is 0.140. The Labute approximate surface area is 178 Å². The predicted octanol–water partition coefficient (Wildman–Crippen LogP) is 4.60. The van der Waals surface area contributed by atoms with Gasteiger partial charge in [0.1, 0.15) is 11.5 Å². The van der Waals surface area contributed by atoms with E-state index in [0.29, 0.717) is 16.6 Å². The molecule has 0 spiro atoms. The third-order valence-electron chi connectivity index (χ3n) is 3.71. The molecular weight excluding hydrogens is 456 g/mol. The number of halogens is 1. The minimum Gasteiger partial charge on any atom is -0.484 e. The van der Waals surface area contributed by atoms with Crippen molar-refractivity contribution < 1.29 is 13.9 Å². The second kappa shape index (κ2) is 8.97. The van der Waals surface area contributed by atoms with E-state index in [0.717, 1.165) is 20.7 Å². The molecule has 0 aliphatic carbocycles. The summed E-state index contributed by atoms with van der Waals surface area (Å²) < 4.78 is 11.9. The first-order chi connectivity index (χ1) is 14.2. The van der Waals surface area contributed by atoms with Crippen LogP contribution >= 0.6 is 27.7 Å². The highest BCUT2D eigenvalue weighted by Crippen LogP contribution is 2.28. The first kappa shape index (κ1) is 19.3. The number of ether oxygens (including phenoxy) is 1. The molecule has 2 aromatic heterocycles. The van der Waals surface area contributed by atoms with Gasteiger partial charge in [-0.2, -0.15) is 5.10 Å². The number of para-hydroxylation sites is 2. The molecule has 1 amide bonds. The number of furan rings is 1. The van der Waals surface area contributed by atoms with Crippen molar-refractivity contribution in [3.8, 4) is 5.75 Å². The fourth-order valence-electron chi connectivity index (χ4n) is 2.44. The number of H-pyrrole nitrogens is 1. The van der Waals surface area contributed by atoms with Gasteiger partial charge in [0.05, 0.1) is 17.2 Å². The quantitative estimate of drug-likeness (QED) is 0.304. The van der Waals surface area contributed by atoms with Crippen LogP contribution in [0.4, 0.5) is 0 Å². The van der Waals surface area contributed by atoms with Gasteiger partial charge in [0.15, 0.2) is 16.9 Å². The molecule has 0 unspecified atom stereocenters. The summed E-state index contributed by atoms with van der Waals surface area (Å²) in [5.41, 5.74) is 4.27. The summed E-state index contributed by atoms with van der Waals surface area (Å²) in [7, 11) is 0. The number of hydrogen-bond donors (Lipinski definition) is 2. The zero-order chi connectivity index (χ0) is 20.1. The van der Waals surface area contributed by atoms with Gasteiger partial charge in [-0.25, -0.2) is 10.4 Å². The lowest BCUT2D eigenvalue weighted by Crippen LogP contribution is -2.24. The number of aromatic amines is 1. The number of aromatic nitrogens is 2. The Balaban J connectivity index is 1.28. The summed E-state index contributed by atoms with van der Waals surface area (Å²) in [5.74, 6) is 0.735. The van der Waals surface area contributed by atoms with E-state index < -0.39 is 0 Å². The van der Waals surface area contributed by atoms with E-state index in [-0.39, 0.29) is 12.5 Å². The van der Waals surface area contributed by atoms with Crippen molar-refractivity contribution >= 4 is 50.8 Å². The Hall–Kier alpha value is -3.04. The Kier molecular flexibility index (Phi) is 5.97. The van der Waals surface area contributed by atoms with Crippen LogP contribution < -0.4 is 10.2 Å². The Morgan fingerprint density at radius 2 is 2.14 bits per heavy atom. The molecule has 146 valence electrons. The number of amides is 1. The van der Waals surface area contributed by atoms with Gasteiger partial charge >= 0.3 is 0 Å². The number of hydrazone groups is 1. The van der Waals surface area contributed by atoms with Crippen molar-refractivity contribution in [3.63, 3.8) is 0 Å². The summed E-state index contributed by atoms with van der Waals surface area (Å²) in [6, 6.07) is 18.6. The molecule has 0 aliphatic heterocycles. The van der Waals surface area contributed by atoms with E-state index in [1.807, 2.05) is 42.5 Å². The SMILES string of the molecule is O=C(COc1cccc(Br)c1)NN=Cc1ccc(Sc2nc3ccccc3[nH]2)o1. The van der Waals surface area contributed by atoms with Crippen molar-refractivity contribution in [2.75, 3.05) is 6.61 Å². The molecule has 0 aliphatic rings. The van der Waals surface area contributed by atoms with Crippen LogP contribution in [0.5, 0.6) is 5.75 Å². The van der Waals surface area contributed by atoms with Crippen LogP contribution in [0.3, 0.4) is 0 Å². The summed E-state index contributed by atoms with van der Waals surface area (Å²) in [6.45, 7) is -0.140. The maximum Gasteiger partial charge on any atom is 0.277 e. The van der Waals surface area contributed by atoms with Crippen molar-refractivity contribution in [2.24, 2.45) is 5.10 Å². The third kappa shape index (κ3) is 5.27. The van der Waals surface area contributed by atoms with E-state index >= 15 is 0 Å². The molecule has 2 aromatic carbocycles.